The number of nitrogens with zero attached hydrogens (tertiary/aromatic N) is 1. The minimum Gasteiger partial charge on any atom is -0.455 e. The number of ether oxygens (including phenoxy) is 1. The van der Waals surface area contributed by atoms with Crippen LogP contribution in [0.15, 0.2) is 77.7 Å². The first kappa shape index (κ1) is 23.6. The maximum atomic E-state index is 13.0. The molecule has 3 aromatic carbocycles. The molecule has 1 saturated heterocycles. The van der Waals surface area contributed by atoms with Crippen LogP contribution in [0.1, 0.15) is 12.8 Å². The molecule has 0 unspecified atom stereocenters. The Labute approximate surface area is 203 Å². The van der Waals surface area contributed by atoms with E-state index in [2.05, 4.69) is 5.32 Å². The number of rotatable bonds is 6. The number of carbonyl (C=O) groups is 1. The van der Waals surface area contributed by atoms with E-state index in [1.54, 1.807) is 18.2 Å². The second-order valence-corrected chi connectivity index (χ2v) is 10.4. The number of carbonyl (C=O) groups excluding carboxylic acids is 1. The smallest absolute Gasteiger partial charge is 0.244 e. The highest BCUT2D eigenvalue weighted by Crippen LogP contribution is 2.32. The van der Waals surface area contributed by atoms with Gasteiger partial charge in [-0.2, -0.15) is 4.31 Å². The molecular weight excluding hydrogens is 483 g/mol. The summed E-state index contributed by atoms with van der Waals surface area (Å²) in [5, 5.41) is 3.35. The molecule has 4 rings (SSSR count). The highest BCUT2D eigenvalue weighted by Gasteiger charge is 2.33. The summed E-state index contributed by atoms with van der Waals surface area (Å²) in [6.45, 7) is 0.427. The van der Waals surface area contributed by atoms with Crippen LogP contribution in [0.4, 0.5) is 5.69 Å². The number of nitrogens with one attached hydrogen (secondary N) is 1. The van der Waals surface area contributed by atoms with Gasteiger partial charge in [-0.3, -0.25) is 4.79 Å². The Morgan fingerprint density at radius 1 is 0.939 bits per heavy atom. The van der Waals surface area contributed by atoms with Crippen molar-refractivity contribution in [2.24, 2.45) is 5.92 Å². The van der Waals surface area contributed by atoms with Crippen molar-refractivity contribution >= 4 is 44.8 Å². The first-order valence-electron chi connectivity index (χ1n) is 10.4. The van der Waals surface area contributed by atoms with Crippen LogP contribution in [0.25, 0.3) is 0 Å². The lowest BCUT2D eigenvalue weighted by molar-refractivity contribution is -0.120. The van der Waals surface area contributed by atoms with E-state index in [9.17, 15) is 13.2 Å². The van der Waals surface area contributed by atoms with Crippen molar-refractivity contribution in [3.05, 3.63) is 82.8 Å². The van der Waals surface area contributed by atoms with Crippen molar-refractivity contribution < 1.29 is 17.9 Å². The fraction of sp³-hybridized carbons (Fsp3) is 0.208. The van der Waals surface area contributed by atoms with Gasteiger partial charge in [-0.15, -0.1) is 0 Å². The third-order valence-electron chi connectivity index (χ3n) is 5.45. The van der Waals surface area contributed by atoms with Crippen LogP contribution >= 0.6 is 23.2 Å². The third kappa shape index (κ3) is 5.50. The summed E-state index contributed by atoms with van der Waals surface area (Å²) >= 11 is 12.1. The Bertz CT molecular complexity index is 1240. The fourth-order valence-corrected chi connectivity index (χ4v) is 5.89. The first-order valence-corrected chi connectivity index (χ1v) is 12.6. The van der Waals surface area contributed by atoms with Gasteiger partial charge in [0, 0.05) is 24.0 Å². The van der Waals surface area contributed by atoms with Crippen molar-refractivity contribution in [3.63, 3.8) is 0 Å². The van der Waals surface area contributed by atoms with E-state index in [4.69, 9.17) is 27.9 Å². The van der Waals surface area contributed by atoms with E-state index in [1.807, 2.05) is 42.5 Å². The molecule has 0 spiro atoms. The largest absolute Gasteiger partial charge is 0.455 e. The fourth-order valence-electron chi connectivity index (χ4n) is 3.68. The number of hydrogen-bond acceptors (Lipinski definition) is 4. The average molecular weight is 505 g/mol. The van der Waals surface area contributed by atoms with Crippen LogP contribution < -0.4 is 10.1 Å². The number of amides is 1. The summed E-state index contributed by atoms with van der Waals surface area (Å²) < 4.78 is 33.3. The molecule has 1 fully saturated rings. The summed E-state index contributed by atoms with van der Waals surface area (Å²) in [7, 11) is -3.80. The van der Waals surface area contributed by atoms with E-state index in [1.165, 1.54) is 16.4 Å². The average Bonchev–Trinajstić information content (AvgIpc) is 2.82. The molecule has 1 amide bonds. The van der Waals surface area contributed by atoms with Gasteiger partial charge in [0.15, 0.2) is 5.75 Å². The zero-order chi connectivity index (χ0) is 23.4. The van der Waals surface area contributed by atoms with Crippen molar-refractivity contribution in [3.8, 4) is 11.5 Å². The molecule has 0 saturated carbocycles. The Morgan fingerprint density at radius 3 is 2.33 bits per heavy atom. The molecule has 6 nitrogen and oxygen atoms in total. The van der Waals surface area contributed by atoms with Gasteiger partial charge in [0.05, 0.1) is 10.7 Å². The molecule has 172 valence electrons. The van der Waals surface area contributed by atoms with E-state index in [0.29, 0.717) is 35.1 Å². The minimum absolute atomic E-state index is 0.0217. The molecule has 0 atom stereocenters. The molecule has 9 heteroatoms. The number of sulfonamides is 1. The SMILES string of the molecule is O=C(Nc1ccccc1Oc1ccccc1)C1CCN(S(=O)(=O)c2cc(Cl)ccc2Cl)CC1. The monoisotopic (exact) mass is 504 g/mol. The summed E-state index contributed by atoms with van der Waals surface area (Å²) in [5.74, 6) is 0.707. The van der Waals surface area contributed by atoms with E-state index < -0.39 is 10.0 Å². The number of benzene rings is 3. The zero-order valence-corrected chi connectivity index (χ0v) is 19.9. The highest BCUT2D eigenvalue weighted by molar-refractivity contribution is 7.89. The van der Waals surface area contributed by atoms with Crippen LogP contribution in [0, 0.1) is 5.92 Å². The van der Waals surface area contributed by atoms with Gasteiger partial charge < -0.3 is 10.1 Å². The van der Waals surface area contributed by atoms with Gasteiger partial charge in [-0.05, 0) is 55.3 Å². The number of halogens is 2. The lowest BCUT2D eigenvalue weighted by Gasteiger charge is -2.31. The standard InChI is InChI=1S/C24H22Cl2N2O4S/c25-18-10-11-20(26)23(16-18)33(30,31)28-14-12-17(13-15-28)24(29)27-21-8-4-5-9-22(21)32-19-6-2-1-3-7-19/h1-11,16-17H,12-15H2,(H,27,29). The van der Waals surface area contributed by atoms with Gasteiger partial charge in [0.1, 0.15) is 10.6 Å². The van der Waals surface area contributed by atoms with Crippen molar-refractivity contribution in [1.82, 2.24) is 4.31 Å². The molecule has 3 aromatic rings. The molecule has 1 heterocycles. The molecule has 1 aliphatic heterocycles. The van der Waals surface area contributed by atoms with Gasteiger partial charge in [-0.1, -0.05) is 53.5 Å². The van der Waals surface area contributed by atoms with Crippen molar-refractivity contribution in [2.45, 2.75) is 17.7 Å². The molecular formula is C24H22Cl2N2O4S. The molecule has 1 aliphatic rings. The maximum absolute atomic E-state index is 13.0. The lowest BCUT2D eigenvalue weighted by Crippen LogP contribution is -2.41. The second kappa shape index (κ2) is 10.1. The van der Waals surface area contributed by atoms with Crippen LogP contribution in [0.2, 0.25) is 10.0 Å². The number of piperidine rings is 1. The Morgan fingerprint density at radius 2 is 1.61 bits per heavy atom. The topological polar surface area (TPSA) is 75.7 Å². The van der Waals surface area contributed by atoms with Crippen LogP contribution in [0.3, 0.4) is 0 Å². The number of anilines is 1. The number of hydrogen-bond donors (Lipinski definition) is 1. The summed E-state index contributed by atoms with van der Waals surface area (Å²) in [5.41, 5.74) is 0.562. The molecule has 1 N–H and O–H groups in total. The summed E-state index contributed by atoms with van der Waals surface area (Å²) in [6.07, 6.45) is 0.788. The molecule has 0 radical (unpaired) electrons. The van der Waals surface area contributed by atoms with Crippen LogP contribution in [-0.2, 0) is 14.8 Å². The maximum Gasteiger partial charge on any atom is 0.244 e. The molecule has 33 heavy (non-hydrogen) atoms. The van der Waals surface area contributed by atoms with Gasteiger partial charge in [0.2, 0.25) is 15.9 Å². The second-order valence-electron chi connectivity index (χ2n) is 7.65. The van der Waals surface area contributed by atoms with Crippen molar-refractivity contribution in [1.29, 1.82) is 0 Å². The Hall–Kier alpha value is -2.58. The predicted octanol–water partition coefficient (Wildman–Crippen LogP) is 5.83. The predicted molar refractivity (Wildman–Crippen MR) is 130 cm³/mol. The Kier molecular flexibility index (Phi) is 7.24. The summed E-state index contributed by atoms with van der Waals surface area (Å²) in [4.78, 5) is 12.9. The first-order chi connectivity index (χ1) is 15.8. The highest BCUT2D eigenvalue weighted by atomic mass is 35.5. The molecule has 0 bridgehead atoms. The van der Waals surface area contributed by atoms with Gasteiger partial charge in [-0.25, -0.2) is 8.42 Å². The quantitative estimate of drug-likeness (QED) is 0.458. The lowest BCUT2D eigenvalue weighted by atomic mass is 9.97. The van der Waals surface area contributed by atoms with Crippen LogP contribution in [0.5, 0.6) is 11.5 Å². The van der Waals surface area contributed by atoms with E-state index in [-0.39, 0.29) is 34.8 Å². The zero-order valence-electron chi connectivity index (χ0n) is 17.6. The molecule has 0 aliphatic carbocycles. The normalized spacial score (nSPS) is 15.2. The van der Waals surface area contributed by atoms with E-state index in [0.717, 1.165) is 0 Å². The van der Waals surface area contributed by atoms with E-state index >= 15 is 0 Å². The summed E-state index contributed by atoms with van der Waals surface area (Å²) in [6, 6.07) is 20.9. The number of para-hydroxylation sites is 3. The van der Waals surface area contributed by atoms with Gasteiger partial charge in [0.25, 0.3) is 0 Å². The Balaban J connectivity index is 1.41. The molecule has 0 aromatic heterocycles. The third-order valence-corrected chi connectivity index (χ3v) is 8.07. The van der Waals surface area contributed by atoms with Crippen molar-refractivity contribution in [2.75, 3.05) is 18.4 Å². The van der Waals surface area contributed by atoms with Gasteiger partial charge >= 0.3 is 0 Å². The minimum atomic E-state index is -3.80. The van der Waals surface area contributed by atoms with Crippen LogP contribution in [-0.4, -0.2) is 31.7 Å².